The molecule has 0 saturated carbocycles. The van der Waals surface area contributed by atoms with Gasteiger partial charge in [-0.2, -0.15) is 23.7 Å². The minimum Gasteiger partial charge on any atom is -0.468 e. The molecule has 1 aromatic carbocycles. The van der Waals surface area contributed by atoms with E-state index < -0.39 is 0 Å². The first-order chi connectivity index (χ1) is 9.54. The van der Waals surface area contributed by atoms with E-state index in [1.165, 1.54) is 10.6 Å². The number of hydrogen-bond donors (Lipinski definition) is 0. The van der Waals surface area contributed by atoms with Crippen LogP contribution in [-0.2, 0) is 44.5 Å². The first kappa shape index (κ1) is 18.4. The molecule has 0 N–H and O–H groups in total. The maximum absolute atomic E-state index is 11.9. The van der Waals surface area contributed by atoms with Gasteiger partial charge in [0.05, 0.1) is 0 Å². The molecule has 21 heavy (non-hydrogen) atoms. The van der Waals surface area contributed by atoms with E-state index in [0.29, 0.717) is 11.4 Å². The van der Waals surface area contributed by atoms with Gasteiger partial charge in [-0.25, -0.2) is 0 Å². The maximum atomic E-state index is 11.9. The third-order valence-electron chi connectivity index (χ3n) is 2.98. The van der Waals surface area contributed by atoms with Gasteiger partial charge >= 0.3 is 0 Å². The van der Waals surface area contributed by atoms with E-state index in [0.717, 1.165) is 11.1 Å². The number of hydrogen-bond acceptors (Lipinski definition) is 3. The van der Waals surface area contributed by atoms with Crippen molar-refractivity contribution in [2.45, 2.75) is 6.92 Å². The molecule has 0 atom stereocenters. The Bertz CT molecular complexity index is 685. The molecule has 0 spiro atoms. The van der Waals surface area contributed by atoms with Crippen molar-refractivity contribution in [3.8, 4) is 17.0 Å². The van der Waals surface area contributed by atoms with Crippen molar-refractivity contribution in [1.29, 1.82) is 0 Å². The Kier molecular flexibility index (Phi) is 7.08. The molecule has 0 aliphatic rings. The van der Waals surface area contributed by atoms with E-state index in [1.54, 1.807) is 14.2 Å². The monoisotopic (exact) mass is 381 g/mol. The van der Waals surface area contributed by atoms with Gasteiger partial charge < -0.3 is 14.0 Å². The first-order valence-electron chi connectivity index (χ1n) is 6.04. The SMILES string of the molecule is COCOc1ccc(-c2[c-]cc(Cl)c(=O)n2C)c(C)c1.[Y]. The molecule has 2 rings (SSSR count). The number of ether oxygens (including phenoxy) is 2. The van der Waals surface area contributed by atoms with Crippen molar-refractivity contribution < 1.29 is 42.2 Å². The molecule has 109 valence electrons. The molecule has 0 amide bonds. The Hall–Kier alpha value is -0.676. The van der Waals surface area contributed by atoms with E-state index in [2.05, 4.69) is 6.07 Å². The smallest absolute Gasteiger partial charge is 0.212 e. The first-order valence-corrected chi connectivity index (χ1v) is 6.42. The second kappa shape index (κ2) is 8.09. The van der Waals surface area contributed by atoms with Gasteiger partial charge in [0.1, 0.15) is 5.75 Å². The number of benzene rings is 1. The average molecular weight is 382 g/mol. The van der Waals surface area contributed by atoms with E-state index in [4.69, 9.17) is 21.1 Å². The van der Waals surface area contributed by atoms with Crippen molar-refractivity contribution in [1.82, 2.24) is 4.57 Å². The summed E-state index contributed by atoms with van der Waals surface area (Å²) in [7, 11) is 3.24. The number of rotatable bonds is 4. The fourth-order valence-electron chi connectivity index (χ4n) is 1.93. The van der Waals surface area contributed by atoms with E-state index in [-0.39, 0.29) is 50.1 Å². The third-order valence-corrected chi connectivity index (χ3v) is 3.25. The fourth-order valence-corrected chi connectivity index (χ4v) is 2.11. The fraction of sp³-hybridized carbons (Fsp3) is 0.267. The molecule has 0 aliphatic carbocycles. The summed E-state index contributed by atoms with van der Waals surface area (Å²) >= 11 is 5.80. The van der Waals surface area contributed by atoms with Crippen LogP contribution in [0, 0.1) is 13.0 Å². The van der Waals surface area contributed by atoms with Gasteiger partial charge in [-0.1, -0.05) is 23.7 Å². The summed E-state index contributed by atoms with van der Waals surface area (Å²) < 4.78 is 11.7. The number of aryl methyl sites for hydroxylation is 1. The van der Waals surface area contributed by atoms with E-state index in [9.17, 15) is 4.79 Å². The zero-order chi connectivity index (χ0) is 14.7. The van der Waals surface area contributed by atoms with Gasteiger partial charge in [-0.05, 0) is 12.1 Å². The second-order valence-corrected chi connectivity index (χ2v) is 4.78. The van der Waals surface area contributed by atoms with E-state index in [1.807, 2.05) is 25.1 Å². The Balaban J connectivity index is 0.00000220. The normalized spacial score (nSPS) is 10.1. The molecule has 6 heteroatoms. The molecule has 2 aromatic rings. The summed E-state index contributed by atoms with van der Waals surface area (Å²) in [6.07, 6.45) is 0. The van der Waals surface area contributed by atoms with Gasteiger partial charge in [0.2, 0.25) is 5.56 Å². The maximum Gasteiger partial charge on any atom is 0.212 e. The van der Waals surface area contributed by atoms with Crippen LogP contribution in [0.3, 0.4) is 0 Å². The van der Waals surface area contributed by atoms with Crippen molar-refractivity contribution >= 4 is 11.6 Å². The van der Waals surface area contributed by atoms with Crippen LogP contribution in [0.4, 0.5) is 0 Å². The quantitative estimate of drug-likeness (QED) is 0.604. The van der Waals surface area contributed by atoms with Gasteiger partial charge in [0.25, 0.3) is 0 Å². The second-order valence-electron chi connectivity index (χ2n) is 4.38. The van der Waals surface area contributed by atoms with Crippen molar-refractivity contribution in [3.05, 3.63) is 51.3 Å². The van der Waals surface area contributed by atoms with Crippen LogP contribution in [-0.4, -0.2) is 18.5 Å². The number of nitrogens with zero attached hydrogens (tertiary/aromatic N) is 1. The molecule has 1 heterocycles. The van der Waals surface area contributed by atoms with Crippen LogP contribution in [0.25, 0.3) is 11.3 Å². The predicted molar refractivity (Wildman–Crippen MR) is 78.2 cm³/mol. The van der Waals surface area contributed by atoms with Gasteiger partial charge in [-0.15, -0.1) is 6.07 Å². The largest absolute Gasteiger partial charge is 0.468 e. The van der Waals surface area contributed by atoms with Crippen LogP contribution < -0.4 is 10.3 Å². The Morgan fingerprint density at radius 3 is 2.71 bits per heavy atom. The molecule has 0 aliphatic heterocycles. The van der Waals surface area contributed by atoms with E-state index >= 15 is 0 Å². The van der Waals surface area contributed by atoms with Crippen LogP contribution in [0.15, 0.2) is 29.1 Å². The van der Waals surface area contributed by atoms with Crippen molar-refractivity contribution in [3.63, 3.8) is 0 Å². The van der Waals surface area contributed by atoms with Crippen molar-refractivity contribution in [2.24, 2.45) is 7.05 Å². The average Bonchev–Trinajstić information content (AvgIpc) is 2.44. The standard InChI is InChI=1S/C15H15ClNO3.Y/c1-10-8-11(20-9-19-3)4-5-12(10)14-7-6-13(16)15(18)17(14)2;/h4-6,8H,9H2,1-3H3;/q-1;. The molecule has 0 unspecified atom stereocenters. The van der Waals surface area contributed by atoms with Gasteiger partial charge in [0, 0.05) is 51.9 Å². The number of methoxy groups -OCH3 is 1. The molecule has 0 fully saturated rings. The summed E-state index contributed by atoms with van der Waals surface area (Å²) in [5.41, 5.74) is 2.34. The minimum atomic E-state index is -0.237. The van der Waals surface area contributed by atoms with Crippen molar-refractivity contribution in [2.75, 3.05) is 13.9 Å². The summed E-state index contributed by atoms with van der Waals surface area (Å²) in [6, 6.07) is 10.1. The van der Waals surface area contributed by atoms with Crippen LogP contribution in [0.1, 0.15) is 5.56 Å². The number of halogens is 1. The van der Waals surface area contributed by atoms with Gasteiger partial charge in [-0.3, -0.25) is 4.79 Å². The van der Waals surface area contributed by atoms with Crippen LogP contribution in [0.5, 0.6) is 5.75 Å². The molecular weight excluding hydrogens is 367 g/mol. The Labute approximate surface area is 153 Å². The number of aromatic nitrogens is 1. The zero-order valence-electron chi connectivity index (χ0n) is 12.1. The molecule has 0 bridgehead atoms. The Morgan fingerprint density at radius 1 is 1.38 bits per heavy atom. The summed E-state index contributed by atoms with van der Waals surface area (Å²) in [5, 5.41) is 0.161. The van der Waals surface area contributed by atoms with Gasteiger partial charge in [0.15, 0.2) is 6.79 Å². The minimum absolute atomic E-state index is 0. The third kappa shape index (κ3) is 4.16. The zero-order valence-corrected chi connectivity index (χ0v) is 15.7. The molecule has 0 saturated heterocycles. The molecule has 4 nitrogen and oxygen atoms in total. The number of pyridine rings is 1. The Morgan fingerprint density at radius 2 is 2.10 bits per heavy atom. The summed E-state index contributed by atoms with van der Waals surface area (Å²) in [5.74, 6) is 0.715. The molecule has 1 aromatic heterocycles. The van der Waals surface area contributed by atoms with Crippen LogP contribution in [0.2, 0.25) is 5.02 Å². The molecule has 1 radical (unpaired) electrons. The summed E-state index contributed by atoms with van der Waals surface area (Å²) in [6.45, 7) is 2.15. The topological polar surface area (TPSA) is 40.5 Å². The van der Waals surface area contributed by atoms with Crippen LogP contribution >= 0.6 is 11.6 Å². The summed E-state index contributed by atoms with van der Waals surface area (Å²) in [4.78, 5) is 11.9. The predicted octanol–water partition coefficient (Wildman–Crippen LogP) is 2.79. The molecular formula is C15H15ClNO3Y-.